The first-order valence-electron chi connectivity index (χ1n) is 15.0. The van der Waals surface area contributed by atoms with E-state index in [0.29, 0.717) is 85.0 Å². The maximum atomic E-state index is 11.7. The van der Waals surface area contributed by atoms with Crippen LogP contribution in [0, 0.1) is 11.3 Å². The fourth-order valence-corrected chi connectivity index (χ4v) is 5.62. The molecule has 1 aromatic rings. The van der Waals surface area contributed by atoms with Crippen LogP contribution in [0.25, 0.3) is 0 Å². The summed E-state index contributed by atoms with van der Waals surface area (Å²) in [5.41, 5.74) is 1.95. The standard InChI is InChI=1S/C28H45N7O8/c1-33-19-23(42-15-14-41-13-12-40-11-10-39-9-8-36)16-22(33)20-43-27-31-25-17-30-5-3-24(25)26(32-27)34-6-7-35(28(37)38)21(18-34)2-4-29/h21-23,30,36H,2-3,5-20H2,1H3,(H,37,38)/t21-,22-,23+/m0/s1. The molecule has 3 aliphatic rings. The number of nitrogens with one attached hydrogen (secondary N) is 1. The largest absolute Gasteiger partial charge is 0.465 e. The van der Waals surface area contributed by atoms with Crippen molar-refractivity contribution >= 4 is 11.9 Å². The monoisotopic (exact) mass is 607 g/mol. The number of aliphatic hydroxyl groups excluding tert-OH is 1. The average Bonchev–Trinajstić information content (AvgIpc) is 3.37. The predicted octanol–water partition coefficient (Wildman–Crippen LogP) is -0.285. The third kappa shape index (κ3) is 9.83. The molecule has 0 radical (unpaired) electrons. The number of likely N-dealkylation sites (tertiary alicyclic amines) is 1. The minimum atomic E-state index is -1.00. The number of nitrogens with zero attached hydrogens (tertiary/aromatic N) is 6. The molecule has 0 unspecified atom stereocenters. The van der Waals surface area contributed by atoms with Gasteiger partial charge in [0.15, 0.2) is 0 Å². The maximum Gasteiger partial charge on any atom is 0.407 e. The highest BCUT2D eigenvalue weighted by Gasteiger charge is 2.34. The highest BCUT2D eigenvalue weighted by molar-refractivity contribution is 5.66. The lowest BCUT2D eigenvalue weighted by atomic mass is 10.0. The maximum absolute atomic E-state index is 11.7. The molecule has 4 rings (SSSR count). The van der Waals surface area contributed by atoms with Gasteiger partial charge in [0, 0.05) is 44.3 Å². The molecule has 3 atom stereocenters. The first kappa shape index (κ1) is 33.1. The van der Waals surface area contributed by atoms with Gasteiger partial charge in [-0.3, -0.25) is 4.90 Å². The summed E-state index contributed by atoms with van der Waals surface area (Å²) in [6.07, 6.45) is 0.792. The molecule has 0 aliphatic carbocycles. The molecule has 1 aromatic heterocycles. The van der Waals surface area contributed by atoms with Gasteiger partial charge in [-0.25, -0.2) is 4.79 Å². The lowest BCUT2D eigenvalue weighted by molar-refractivity contribution is -0.0180. The molecule has 0 saturated carbocycles. The van der Waals surface area contributed by atoms with Crippen LogP contribution in [0.1, 0.15) is 24.1 Å². The summed E-state index contributed by atoms with van der Waals surface area (Å²) >= 11 is 0. The van der Waals surface area contributed by atoms with Crippen LogP contribution in [-0.4, -0.2) is 153 Å². The van der Waals surface area contributed by atoms with Crippen LogP contribution in [-0.2, 0) is 31.9 Å². The number of aliphatic hydroxyl groups is 1. The van der Waals surface area contributed by atoms with Gasteiger partial charge in [0.1, 0.15) is 12.4 Å². The molecular formula is C28H45N7O8. The van der Waals surface area contributed by atoms with E-state index in [1.54, 1.807) is 0 Å². The van der Waals surface area contributed by atoms with E-state index in [9.17, 15) is 15.2 Å². The Bertz CT molecular complexity index is 1060. The highest BCUT2D eigenvalue weighted by Crippen LogP contribution is 2.29. The topological polar surface area (TPSA) is 175 Å². The second kappa shape index (κ2) is 17.5. The molecule has 4 heterocycles. The SMILES string of the molecule is CN1C[C@H](OCCOCCOCCOCCO)C[C@H]1COc1nc2c(c(N3CCN(C(=O)O)[C@@H](CC#N)C3)n1)CCNC2. The molecule has 240 valence electrons. The van der Waals surface area contributed by atoms with Crippen LogP contribution in [0.2, 0.25) is 0 Å². The summed E-state index contributed by atoms with van der Waals surface area (Å²) < 4.78 is 28.3. The van der Waals surface area contributed by atoms with Crippen molar-refractivity contribution < 1.29 is 38.7 Å². The molecule has 0 spiro atoms. The van der Waals surface area contributed by atoms with Crippen LogP contribution in [0.4, 0.5) is 10.6 Å². The van der Waals surface area contributed by atoms with Crippen LogP contribution < -0.4 is 15.0 Å². The van der Waals surface area contributed by atoms with Crippen molar-refractivity contribution in [2.75, 3.05) is 104 Å². The number of nitriles is 1. The van der Waals surface area contributed by atoms with Crippen LogP contribution >= 0.6 is 0 Å². The van der Waals surface area contributed by atoms with Crippen molar-refractivity contribution in [1.29, 1.82) is 5.26 Å². The van der Waals surface area contributed by atoms with Gasteiger partial charge in [-0.15, -0.1) is 0 Å². The number of fused-ring (bicyclic) bond motifs is 1. The van der Waals surface area contributed by atoms with Gasteiger partial charge in [0.25, 0.3) is 0 Å². The van der Waals surface area contributed by atoms with Crippen molar-refractivity contribution in [2.45, 2.75) is 44.0 Å². The van der Waals surface area contributed by atoms with Crippen LogP contribution in [0.5, 0.6) is 6.01 Å². The van der Waals surface area contributed by atoms with E-state index >= 15 is 0 Å². The zero-order valence-electron chi connectivity index (χ0n) is 25.0. The van der Waals surface area contributed by atoms with E-state index in [1.165, 1.54) is 4.90 Å². The second-order valence-corrected chi connectivity index (χ2v) is 10.8. The number of piperazine rings is 1. The van der Waals surface area contributed by atoms with Gasteiger partial charge in [-0.2, -0.15) is 15.2 Å². The van der Waals surface area contributed by atoms with Crippen LogP contribution in [0.3, 0.4) is 0 Å². The number of likely N-dealkylation sites (N-methyl/N-ethyl adjacent to an activating group) is 1. The van der Waals surface area contributed by atoms with E-state index in [4.69, 9.17) is 38.8 Å². The molecule has 2 saturated heterocycles. The number of amides is 1. The second-order valence-electron chi connectivity index (χ2n) is 10.8. The third-order valence-electron chi connectivity index (χ3n) is 7.87. The Balaban J connectivity index is 1.24. The lowest BCUT2D eigenvalue weighted by Crippen LogP contribution is -2.55. The minimum absolute atomic E-state index is 0.0122. The molecule has 15 nitrogen and oxygen atoms in total. The summed E-state index contributed by atoms with van der Waals surface area (Å²) in [5, 5.41) is 30.9. The molecule has 43 heavy (non-hydrogen) atoms. The van der Waals surface area contributed by atoms with E-state index < -0.39 is 12.1 Å². The number of aromatic nitrogens is 2. The Hall–Kier alpha value is -2.84. The number of carboxylic acid groups (broad SMARTS) is 1. The first-order chi connectivity index (χ1) is 21.0. The zero-order chi connectivity index (χ0) is 30.4. The van der Waals surface area contributed by atoms with Crippen LogP contribution in [0.15, 0.2) is 0 Å². The Morgan fingerprint density at radius 3 is 2.51 bits per heavy atom. The highest BCUT2D eigenvalue weighted by atomic mass is 16.6. The first-order valence-corrected chi connectivity index (χ1v) is 15.0. The van der Waals surface area contributed by atoms with Gasteiger partial charge < -0.3 is 49.0 Å². The third-order valence-corrected chi connectivity index (χ3v) is 7.87. The summed E-state index contributed by atoms with van der Waals surface area (Å²) in [4.78, 5) is 26.9. The quantitative estimate of drug-likeness (QED) is 0.197. The van der Waals surface area contributed by atoms with E-state index in [0.717, 1.165) is 43.0 Å². The molecule has 2 fully saturated rings. The number of rotatable bonds is 17. The van der Waals surface area contributed by atoms with E-state index in [1.807, 2.05) is 0 Å². The Morgan fingerprint density at radius 1 is 1.05 bits per heavy atom. The zero-order valence-corrected chi connectivity index (χ0v) is 25.0. The number of hydrogen-bond acceptors (Lipinski definition) is 13. The molecule has 0 aromatic carbocycles. The van der Waals surface area contributed by atoms with Crippen molar-refractivity contribution in [3.63, 3.8) is 0 Å². The molecule has 15 heteroatoms. The number of ether oxygens (including phenoxy) is 5. The van der Waals surface area contributed by atoms with E-state index in [-0.39, 0.29) is 25.2 Å². The minimum Gasteiger partial charge on any atom is -0.465 e. The lowest BCUT2D eigenvalue weighted by Gasteiger charge is -2.40. The molecule has 3 aliphatic heterocycles. The smallest absolute Gasteiger partial charge is 0.407 e. The molecular weight excluding hydrogens is 562 g/mol. The van der Waals surface area contributed by atoms with Gasteiger partial charge in [0.2, 0.25) is 0 Å². The van der Waals surface area contributed by atoms with Crippen molar-refractivity contribution in [3.8, 4) is 12.1 Å². The van der Waals surface area contributed by atoms with Gasteiger partial charge in [0.05, 0.1) is 83.2 Å². The van der Waals surface area contributed by atoms with Gasteiger partial charge in [-0.05, 0) is 26.4 Å². The summed E-state index contributed by atoms with van der Waals surface area (Å²) in [5.74, 6) is 0.774. The molecule has 1 amide bonds. The number of hydrogen-bond donors (Lipinski definition) is 3. The molecule has 3 N–H and O–H groups in total. The summed E-state index contributed by atoms with van der Waals surface area (Å²) in [6.45, 7) is 7.05. The predicted molar refractivity (Wildman–Crippen MR) is 154 cm³/mol. The fourth-order valence-electron chi connectivity index (χ4n) is 5.62. The molecule has 0 bridgehead atoms. The van der Waals surface area contributed by atoms with Crippen molar-refractivity contribution in [2.24, 2.45) is 0 Å². The Morgan fingerprint density at radius 2 is 1.79 bits per heavy atom. The fraction of sp³-hybridized carbons (Fsp3) is 0.786. The summed E-state index contributed by atoms with van der Waals surface area (Å²) in [7, 11) is 2.05. The average molecular weight is 608 g/mol. The Kier molecular flexibility index (Phi) is 13.4. The van der Waals surface area contributed by atoms with Crippen molar-refractivity contribution in [1.82, 2.24) is 25.1 Å². The Labute approximate surface area is 252 Å². The van der Waals surface area contributed by atoms with Gasteiger partial charge in [-0.1, -0.05) is 0 Å². The van der Waals surface area contributed by atoms with Crippen molar-refractivity contribution in [3.05, 3.63) is 11.3 Å². The normalized spacial score (nSPS) is 22.4. The number of carbonyl (C=O) groups is 1. The number of anilines is 1. The van der Waals surface area contributed by atoms with E-state index in [2.05, 4.69) is 28.2 Å². The van der Waals surface area contributed by atoms with Gasteiger partial charge >= 0.3 is 12.1 Å². The summed E-state index contributed by atoms with van der Waals surface area (Å²) in [6, 6.07) is 2.16.